The quantitative estimate of drug-likeness (QED) is 0.219. The molecule has 5 aromatic rings. The van der Waals surface area contributed by atoms with Gasteiger partial charge >= 0.3 is 5.97 Å². The normalized spacial score (nSPS) is 14.5. The number of esters is 1. The monoisotopic (exact) mass is 548 g/mol. The minimum absolute atomic E-state index is 0.132. The first-order chi connectivity index (χ1) is 20.0. The lowest BCUT2D eigenvalue weighted by Gasteiger charge is -2.14. The van der Waals surface area contributed by atoms with Crippen molar-refractivity contribution in [2.24, 2.45) is 0 Å². The largest absolute Gasteiger partial charge is 0.465 e. The van der Waals surface area contributed by atoms with Gasteiger partial charge in [0.2, 0.25) is 0 Å². The zero-order valence-electron chi connectivity index (χ0n) is 23.2. The average molecular weight is 549 g/mol. The van der Waals surface area contributed by atoms with Gasteiger partial charge in [-0.25, -0.2) is 0 Å². The fourth-order valence-corrected chi connectivity index (χ4v) is 5.29. The molecule has 1 aliphatic carbocycles. The van der Waals surface area contributed by atoms with E-state index in [-0.39, 0.29) is 5.97 Å². The molecule has 1 N–H and O–H groups in total. The Bertz CT molecular complexity index is 1640. The van der Waals surface area contributed by atoms with Crippen molar-refractivity contribution in [3.63, 3.8) is 0 Å². The van der Waals surface area contributed by atoms with E-state index in [1.54, 1.807) is 10.9 Å². The Morgan fingerprint density at radius 2 is 1.66 bits per heavy atom. The average Bonchev–Trinajstić information content (AvgIpc) is 3.53. The Kier molecular flexibility index (Phi) is 7.24. The van der Waals surface area contributed by atoms with Crippen LogP contribution in [-0.2, 0) is 27.9 Å². The summed E-state index contributed by atoms with van der Waals surface area (Å²) in [4.78, 5) is 12.4. The van der Waals surface area contributed by atoms with Gasteiger partial charge in [-0.1, -0.05) is 89.2 Å². The molecular weight excluding hydrogens is 516 g/mol. The first kappa shape index (κ1) is 26.7. The first-order valence-electron chi connectivity index (χ1n) is 14.0. The summed E-state index contributed by atoms with van der Waals surface area (Å²) in [5.41, 5.74) is 6.23. The number of ether oxygens (including phenoxy) is 1. The molecular formula is C33H32N4O4. The molecule has 2 aromatic heterocycles. The van der Waals surface area contributed by atoms with Crippen molar-refractivity contribution in [3.8, 4) is 22.5 Å². The summed E-state index contributed by atoms with van der Waals surface area (Å²) in [5.74, 6) is 0.369. The van der Waals surface area contributed by atoms with Crippen LogP contribution in [0.25, 0.3) is 22.5 Å². The number of carbonyl (C=O) groups excluding carboxylic acids is 1. The minimum Gasteiger partial charge on any atom is -0.465 e. The Balaban J connectivity index is 1.17. The highest BCUT2D eigenvalue weighted by molar-refractivity contribution is 5.87. The van der Waals surface area contributed by atoms with Crippen LogP contribution in [0.3, 0.4) is 0 Å². The fraction of sp³-hybridized carbons (Fsp3) is 0.273. The molecule has 8 heteroatoms. The van der Waals surface area contributed by atoms with Gasteiger partial charge in [0.1, 0.15) is 11.8 Å². The third kappa shape index (κ3) is 5.30. The Morgan fingerprint density at radius 3 is 2.32 bits per heavy atom. The van der Waals surface area contributed by atoms with E-state index in [1.165, 1.54) is 5.56 Å². The van der Waals surface area contributed by atoms with Gasteiger partial charge in [-0.05, 0) is 55.4 Å². The summed E-state index contributed by atoms with van der Waals surface area (Å²) in [6.07, 6.45) is 3.22. The van der Waals surface area contributed by atoms with Crippen LogP contribution in [0.2, 0.25) is 0 Å². The van der Waals surface area contributed by atoms with Gasteiger partial charge in [-0.3, -0.25) is 9.48 Å². The Morgan fingerprint density at radius 1 is 1.00 bits per heavy atom. The predicted octanol–water partition coefficient (Wildman–Crippen LogP) is 5.83. The van der Waals surface area contributed by atoms with Crippen molar-refractivity contribution in [1.29, 1.82) is 0 Å². The summed E-state index contributed by atoms with van der Waals surface area (Å²) in [6.45, 7) is 4.70. The summed E-state index contributed by atoms with van der Waals surface area (Å²) < 4.78 is 12.7. The molecule has 0 radical (unpaired) electrons. The summed E-state index contributed by atoms with van der Waals surface area (Å²) in [7, 11) is 0. The third-order valence-corrected chi connectivity index (χ3v) is 7.82. The number of hydrogen-bond donors (Lipinski definition) is 1. The molecule has 0 bridgehead atoms. The zero-order valence-corrected chi connectivity index (χ0v) is 23.2. The van der Waals surface area contributed by atoms with E-state index in [4.69, 9.17) is 9.26 Å². The van der Waals surface area contributed by atoms with Crippen molar-refractivity contribution in [1.82, 2.24) is 20.2 Å². The van der Waals surface area contributed by atoms with E-state index in [2.05, 4.69) is 27.6 Å². The molecule has 1 atom stereocenters. The molecule has 0 saturated heterocycles. The SMILES string of the molecule is CCOC(=O)C1(c2ccc(-c3ccc(-c4onc(C)c4[C@@H](O)c4cn(CCc5ccccc5)nn4)cc3)cc2)CC1. The number of hydrogen-bond acceptors (Lipinski definition) is 7. The predicted molar refractivity (Wildman–Crippen MR) is 154 cm³/mol. The molecule has 1 saturated carbocycles. The summed E-state index contributed by atoms with van der Waals surface area (Å²) >= 11 is 0. The van der Waals surface area contributed by atoms with Crippen molar-refractivity contribution < 1.29 is 19.2 Å². The summed E-state index contributed by atoms with van der Waals surface area (Å²) in [6, 6.07) is 26.2. The molecule has 0 amide bonds. The molecule has 1 aliphatic rings. The van der Waals surface area contributed by atoms with E-state index in [0.29, 0.717) is 35.9 Å². The van der Waals surface area contributed by atoms with Crippen molar-refractivity contribution in [2.75, 3.05) is 6.61 Å². The maximum atomic E-state index is 12.4. The molecule has 8 nitrogen and oxygen atoms in total. The number of aliphatic hydroxyl groups excluding tert-OH is 1. The van der Waals surface area contributed by atoms with E-state index in [0.717, 1.165) is 41.5 Å². The van der Waals surface area contributed by atoms with E-state index < -0.39 is 11.5 Å². The highest BCUT2D eigenvalue weighted by Gasteiger charge is 2.52. The van der Waals surface area contributed by atoms with Crippen LogP contribution >= 0.6 is 0 Å². The number of aliphatic hydroxyl groups is 1. The van der Waals surface area contributed by atoms with Gasteiger partial charge in [0.05, 0.1) is 29.5 Å². The highest BCUT2D eigenvalue weighted by Crippen LogP contribution is 2.49. The van der Waals surface area contributed by atoms with Crippen LogP contribution in [0, 0.1) is 6.92 Å². The number of aromatic nitrogens is 4. The number of rotatable bonds is 10. The van der Waals surface area contributed by atoms with Crippen LogP contribution in [0.4, 0.5) is 0 Å². The first-order valence-corrected chi connectivity index (χ1v) is 14.0. The molecule has 0 spiro atoms. The number of carbonyl (C=O) groups is 1. The Hall–Kier alpha value is -4.56. The molecule has 208 valence electrons. The zero-order chi connectivity index (χ0) is 28.4. The molecule has 0 aliphatic heterocycles. The smallest absolute Gasteiger partial charge is 0.316 e. The van der Waals surface area contributed by atoms with Crippen molar-refractivity contribution >= 4 is 5.97 Å². The van der Waals surface area contributed by atoms with Crippen LogP contribution < -0.4 is 0 Å². The third-order valence-electron chi connectivity index (χ3n) is 7.82. The van der Waals surface area contributed by atoms with Gasteiger partial charge in [-0.15, -0.1) is 5.10 Å². The minimum atomic E-state index is -1.02. The second-order valence-electron chi connectivity index (χ2n) is 10.5. The van der Waals surface area contributed by atoms with E-state index in [1.807, 2.05) is 80.6 Å². The molecule has 3 aromatic carbocycles. The van der Waals surface area contributed by atoms with Crippen LogP contribution in [0.1, 0.15) is 53.9 Å². The summed E-state index contributed by atoms with van der Waals surface area (Å²) in [5, 5.41) is 23.8. The van der Waals surface area contributed by atoms with Gasteiger partial charge in [0.15, 0.2) is 5.76 Å². The lowest BCUT2D eigenvalue weighted by atomic mass is 9.93. The molecule has 2 heterocycles. The maximum absolute atomic E-state index is 12.4. The lowest BCUT2D eigenvalue weighted by molar-refractivity contribution is -0.146. The molecule has 1 fully saturated rings. The standard InChI is InChI=1S/C33H32N4O4/c1-3-40-32(39)33(18-19-33)27-15-13-25(14-16-27)24-9-11-26(12-10-24)31-29(22(2)35-41-31)30(38)28-21-37(36-34-28)20-17-23-7-5-4-6-8-23/h4-16,21,30,38H,3,17-20H2,1-2H3/t30-/m0/s1. The van der Waals surface area contributed by atoms with Crippen molar-refractivity contribution in [2.45, 2.75) is 51.2 Å². The number of nitrogens with zero attached hydrogens (tertiary/aromatic N) is 4. The van der Waals surface area contributed by atoms with E-state index in [9.17, 15) is 9.90 Å². The number of aryl methyl sites for hydroxylation is 3. The molecule has 41 heavy (non-hydrogen) atoms. The van der Waals surface area contributed by atoms with Crippen LogP contribution in [-0.4, -0.2) is 37.8 Å². The Labute approximate surface area is 238 Å². The van der Waals surface area contributed by atoms with Gasteiger partial charge in [0.25, 0.3) is 0 Å². The van der Waals surface area contributed by atoms with Gasteiger partial charge in [-0.2, -0.15) is 0 Å². The molecule has 6 rings (SSSR count). The van der Waals surface area contributed by atoms with E-state index >= 15 is 0 Å². The topological polar surface area (TPSA) is 103 Å². The van der Waals surface area contributed by atoms with Crippen LogP contribution in [0.15, 0.2) is 89.6 Å². The lowest BCUT2D eigenvalue weighted by Crippen LogP contribution is -2.23. The second kappa shape index (κ2) is 11.1. The highest BCUT2D eigenvalue weighted by atomic mass is 16.5. The second-order valence-corrected chi connectivity index (χ2v) is 10.5. The maximum Gasteiger partial charge on any atom is 0.316 e. The van der Waals surface area contributed by atoms with Gasteiger partial charge < -0.3 is 14.4 Å². The van der Waals surface area contributed by atoms with Crippen LogP contribution in [0.5, 0.6) is 0 Å². The van der Waals surface area contributed by atoms with Gasteiger partial charge in [0, 0.05) is 12.1 Å². The molecule has 0 unspecified atom stereocenters. The number of benzene rings is 3. The van der Waals surface area contributed by atoms with Crippen molar-refractivity contribution in [3.05, 3.63) is 113 Å². The fourth-order valence-electron chi connectivity index (χ4n) is 5.29.